The number of benzene rings is 1. The zero-order valence-electron chi connectivity index (χ0n) is 13.9. The smallest absolute Gasteiger partial charge is 0.243 e. The normalized spacial score (nSPS) is 28.9. The van der Waals surface area contributed by atoms with E-state index in [2.05, 4.69) is 17.2 Å². The minimum absolute atomic E-state index is 0.100. The van der Waals surface area contributed by atoms with Crippen LogP contribution in [0, 0.1) is 17.8 Å². The summed E-state index contributed by atoms with van der Waals surface area (Å²) in [5.74, 6) is 2.52. The van der Waals surface area contributed by atoms with Crippen molar-refractivity contribution >= 4 is 16.9 Å². The third kappa shape index (κ3) is 2.54. The number of amides is 1. The number of aromatic nitrogens is 2. The zero-order chi connectivity index (χ0) is 16.0. The van der Waals surface area contributed by atoms with Crippen LogP contribution in [0.25, 0.3) is 11.0 Å². The molecule has 4 heteroatoms. The molecule has 1 aromatic heterocycles. The lowest BCUT2D eigenvalue weighted by Crippen LogP contribution is -2.42. The molecule has 2 bridgehead atoms. The van der Waals surface area contributed by atoms with Gasteiger partial charge in [-0.1, -0.05) is 18.6 Å². The summed E-state index contributed by atoms with van der Waals surface area (Å²) in [5, 5.41) is 3.27. The molecule has 2 saturated carbocycles. The summed E-state index contributed by atoms with van der Waals surface area (Å²) >= 11 is 0. The van der Waals surface area contributed by atoms with Crippen molar-refractivity contribution in [3.8, 4) is 0 Å². The van der Waals surface area contributed by atoms with E-state index in [0.29, 0.717) is 5.92 Å². The van der Waals surface area contributed by atoms with Crippen molar-refractivity contribution in [2.45, 2.75) is 51.6 Å². The average Bonchev–Trinajstić information content (AvgIpc) is 3.28. The number of carbonyl (C=O) groups is 1. The molecular formula is C19H25N3O. The Morgan fingerprint density at radius 1 is 1.26 bits per heavy atom. The lowest BCUT2D eigenvalue weighted by atomic mass is 9.84. The Morgan fingerprint density at radius 2 is 2.09 bits per heavy atom. The number of nitrogens with zero attached hydrogens (tertiary/aromatic N) is 2. The summed E-state index contributed by atoms with van der Waals surface area (Å²) in [5.41, 5.74) is 1.95. The fraction of sp³-hybridized carbons (Fsp3) is 0.579. The van der Waals surface area contributed by atoms with E-state index in [0.717, 1.165) is 22.9 Å². The van der Waals surface area contributed by atoms with E-state index in [1.54, 1.807) is 6.33 Å². The van der Waals surface area contributed by atoms with E-state index >= 15 is 0 Å². The van der Waals surface area contributed by atoms with Crippen molar-refractivity contribution in [2.75, 3.05) is 0 Å². The molecule has 1 N–H and O–H groups in total. The van der Waals surface area contributed by atoms with Gasteiger partial charge in [-0.25, -0.2) is 4.98 Å². The lowest BCUT2D eigenvalue weighted by Gasteiger charge is -2.29. The Labute approximate surface area is 137 Å². The van der Waals surface area contributed by atoms with Gasteiger partial charge < -0.3 is 9.88 Å². The van der Waals surface area contributed by atoms with E-state index in [-0.39, 0.29) is 18.0 Å². The maximum absolute atomic E-state index is 12.7. The molecule has 5 atom stereocenters. The molecule has 5 unspecified atom stereocenters. The molecule has 0 radical (unpaired) electrons. The highest BCUT2D eigenvalue weighted by Gasteiger charge is 2.42. The Balaban J connectivity index is 1.46. The summed E-state index contributed by atoms with van der Waals surface area (Å²) < 4.78 is 1.97. The van der Waals surface area contributed by atoms with Crippen LogP contribution in [0.15, 0.2) is 30.6 Å². The second kappa shape index (κ2) is 5.66. The van der Waals surface area contributed by atoms with Gasteiger partial charge in [-0.05, 0) is 63.0 Å². The average molecular weight is 311 g/mol. The van der Waals surface area contributed by atoms with E-state index in [9.17, 15) is 4.79 Å². The maximum Gasteiger partial charge on any atom is 0.243 e. The van der Waals surface area contributed by atoms with Crippen molar-refractivity contribution in [3.05, 3.63) is 30.6 Å². The molecule has 0 saturated heterocycles. The predicted molar refractivity (Wildman–Crippen MR) is 91.0 cm³/mol. The van der Waals surface area contributed by atoms with E-state index in [1.807, 2.05) is 35.8 Å². The lowest BCUT2D eigenvalue weighted by molar-refractivity contribution is -0.124. The minimum atomic E-state index is -0.233. The van der Waals surface area contributed by atoms with Crippen LogP contribution in [-0.4, -0.2) is 21.5 Å². The number of imidazole rings is 1. The van der Waals surface area contributed by atoms with E-state index in [1.165, 1.54) is 25.7 Å². The molecule has 122 valence electrons. The monoisotopic (exact) mass is 311 g/mol. The van der Waals surface area contributed by atoms with Crippen molar-refractivity contribution < 1.29 is 4.79 Å². The molecule has 2 aliphatic rings. The first-order chi connectivity index (χ1) is 11.1. The van der Waals surface area contributed by atoms with Crippen molar-refractivity contribution in [2.24, 2.45) is 17.8 Å². The van der Waals surface area contributed by atoms with Crippen molar-refractivity contribution in [3.63, 3.8) is 0 Å². The van der Waals surface area contributed by atoms with Gasteiger partial charge >= 0.3 is 0 Å². The Bertz CT molecular complexity index is 722. The molecular weight excluding hydrogens is 286 g/mol. The second-order valence-electron chi connectivity index (χ2n) is 7.45. The topological polar surface area (TPSA) is 46.9 Å². The fourth-order valence-electron chi connectivity index (χ4n) is 4.77. The number of para-hydroxylation sites is 2. The number of carbonyl (C=O) groups excluding carboxylic acids is 1. The van der Waals surface area contributed by atoms with Gasteiger partial charge in [0.1, 0.15) is 6.04 Å². The third-order valence-electron chi connectivity index (χ3n) is 6.08. The largest absolute Gasteiger partial charge is 0.352 e. The summed E-state index contributed by atoms with van der Waals surface area (Å²) in [4.78, 5) is 17.1. The van der Waals surface area contributed by atoms with Crippen molar-refractivity contribution in [1.29, 1.82) is 0 Å². The zero-order valence-corrected chi connectivity index (χ0v) is 13.9. The van der Waals surface area contributed by atoms with Crippen LogP contribution in [0.1, 0.15) is 45.6 Å². The molecule has 0 aliphatic heterocycles. The third-order valence-corrected chi connectivity index (χ3v) is 6.08. The Hall–Kier alpha value is -1.84. The minimum Gasteiger partial charge on any atom is -0.352 e. The van der Waals surface area contributed by atoms with Crippen LogP contribution in [0.4, 0.5) is 0 Å². The standard InChI is InChI=1S/C19H25N3O/c1-12(16-10-14-7-8-15(16)9-14)21-19(23)13(2)22-11-20-17-5-3-4-6-18(17)22/h3-6,11-16H,7-10H2,1-2H3,(H,21,23). The molecule has 1 aromatic carbocycles. The summed E-state index contributed by atoms with van der Waals surface area (Å²) in [7, 11) is 0. The van der Waals surface area contributed by atoms with Crippen LogP contribution in [0.5, 0.6) is 0 Å². The maximum atomic E-state index is 12.7. The molecule has 2 fully saturated rings. The number of hydrogen-bond acceptors (Lipinski definition) is 2. The van der Waals surface area contributed by atoms with Gasteiger partial charge in [-0.3, -0.25) is 4.79 Å². The van der Waals surface area contributed by atoms with E-state index in [4.69, 9.17) is 0 Å². The van der Waals surface area contributed by atoms with Gasteiger partial charge in [-0.2, -0.15) is 0 Å². The Morgan fingerprint density at radius 3 is 2.83 bits per heavy atom. The predicted octanol–water partition coefficient (Wildman–Crippen LogP) is 3.54. The highest BCUT2D eigenvalue weighted by molar-refractivity contribution is 5.83. The van der Waals surface area contributed by atoms with Gasteiger partial charge in [0, 0.05) is 6.04 Å². The quantitative estimate of drug-likeness (QED) is 0.939. The SMILES string of the molecule is CC(NC(=O)C(C)n1cnc2ccccc21)C1CC2CCC1C2. The first-order valence-corrected chi connectivity index (χ1v) is 8.85. The molecule has 2 aromatic rings. The van der Waals surface area contributed by atoms with Crippen molar-refractivity contribution in [1.82, 2.24) is 14.9 Å². The van der Waals surface area contributed by atoms with Crippen LogP contribution in [0.3, 0.4) is 0 Å². The van der Waals surface area contributed by atoms with Crippen LogP contribution in [-0.2, 0) is 4.79 Å². The molecule has 0 spiro atoms. The highest BCUT2D eigenvalue weighted by Crippen LogP contribution is 2.49. The van der Waals surface area contributed by atoms with Gasteiger partial charge in [-0.15, -0.1) is 0 Å². The van der Waals surface area contributed by atoms with Gasteiger partial charge in [0.15, 0.2) is 0 Å². The van der Waals surface area contributed by atoms with Gasteiger partial charge in [0.2, 0.25) is 5.91 Å². The first kappa shape index (κ1) is 14.7. The molecule has 23 heavy (non-hydrogen) atoms. The second-order valence-corrected chi connectivity index (χ2v) is 7.45. The summed E-state index contributed by atoms with van der Waals surface area (Å²) in [6, 6.07) is 8.00. The van der Waals surface area contributed by atoms with Crippen LogP contribution >= 0.6 is 0 Å². The van der Waals surface area contributed by atoms with Gasteiger partial charge in [0.25, 0.3) is 0 Å². The molecule has 1 heterocycles. The van der Waals surface area contributed by atoms with Crippen LogP contribution < -0.4 is 5.32 Å². The Kier molecular flexibility index (Phi) is 3.63. The van der Waals surface area contributed by atoms with Crippen LogP contribution in [0.2, 0.25) is 0 Å². The van der Waals surface area contributed by atoms with E-state index < -0.39 is 0 Å². The highest BCUT2D eigenvalue weighted by atomic mass is 16.2. The number of hydrogen-bond donors (Lipinski definition) is 1. The van der Waals surface area contributed by atoms with Gasteiger partial charge in [0.05, 0.1) is 17.4 Å². The summed E-state index contributed by atoms with van der Waals surface area (Å²) in [6.07, 6.45) is 7.22. The number of rotatable bonds is 4. The number of nitrogens with one attached hydrogen (secondary N) is 1. The molecule has 2 aliphatic carbocycles. The molecule has 4 nitrogen and oxygen atoms in total. The molecule has 4 rings (SSSR count). The fourth-order valence-corrected chi connectivity index (χ4v) is 4.77. The summed E-state index contributed by atoms with van der Waals surface area (Å²) in [6.45, 7) is 4.14. The number of fused-ring (bicyclic) bond motifs is 3. The first-order valence-electron chi connectivity index (χ1n) is 8.85. The molecule has 1 amide bonds.